The van der Waals surface area contributed by atoms with Crippen LogP contribution < -0.4 is 4.74 Å². The third-order valence-electron chi connectivity index (χ3n) is 2.75. The minimum atomic E-state index is 0.0835. The fourth-order valence-corrected chi connectivity index (χ4v) is 1.93. The summed E-state index contributed by atoms with van der Waals surface area (Å²) in [5, 5.41) is 0. The number of halogens is 1. The van der Waals surface area contributed by atoms with E-state index < -0.39 is 0 Å². The summed E-state index contributed by atoms with van der Waals surface area (Å²) in [6.07, 6.45) is 1.76. The number of carbonyl (C=O) groups is 1. The second kappa shape index (κ2) is 4.71. The number of aryl methyl sites for hydroxylation is 1. The van der Waals surface area contributed by atoms with Gasteiger partial charge < -0.3 is 4.74 Å². The smallest absolute Gasteiger partial charge is 0.159 e. The van der Waals surface area contributed by atoms with E-state index in [0.717, 1.165) is 35.3 Å². The Morgan fingerprint density at radius 3 is 2.94 bits per heavy atom. The second-order valence-electron chi connectivity index (χ2n) is 3.93. The summed E-state index contributed by atoms with van der Waals surface area (Å²) in [5.74, 6) is 0.943. The largest absolute Gasteiger partial charge is 0.489 e. The maximum atomic E-state index is 11.3. The molecule has 0 saturated carbocycles. The summed E-state index contributed by atoms with van der Waals surface area (Å²) in [5.41, 5.74) is 4.49. The number of hydrogen-bond acceptors (Lipinski definition) is 2. The monoisotopic (exact) mass is 236 g/mol. The van der Waals surface area contributed by atoms with Crippen molar-refractivity contribution >= 4 is 17.4 Å². The highest BCUT2D eigenvalue weighted by Crippen LogP contribution is 2.27. The number of ketones is 1. The molecule has 2 rings (SSSR count). The van der Waals surface area contributed by atoms with Gasteiger partial charge in [0.15, 0.2) is 5.78 Å². The zero-order valence-electron chi connectivity index (χ0n) is 9.13. The minimum absolute atomic E-state index is 0.0835. The number of carbonyl (C=O) groups excluding carboxylic acids is 1. The molecule has 0 unspecified atom stereocenters. The average Bonchev–Trinajstić information content (AvgIpc) is 2.50. The van der Waals surface area contributed by atoms with Crippen LogP contribution in [0.4, 0.5) is 0 Å². The SMILES string of the molecule is CC(=O)c1ccc2c(c1)CCC(=CCl)CO2. The molecule has 1 heterocycles. The molecule has 0 bridgehead atoms. The van der Waals surface area contributed by atoms with E-state index in [2.05, 4.69) is 0 Å². The van der Waals surface area contributed by atoms with Gasteiger partial charge in [0.1, 0.15) is 12.4 Å². The zero-order chi connectivity index (χ0) is 11.5. The number of fused-ring (bicyclic) bond motifs is 1. The van der Waals surface area contributed by atoms with E-state index in [9.17, 15) is 4.79 Å². The van der Waals surface area contributed by atoms with Crippen LogP contribution in [0.1, 0.15) is 29.3 Å². The molecule has 2 nitrogen and oxygen atoms in total. The molecule has 0 aliphatic carbocycles. The van der Waals surface area contributed by atoms with Gasteiger partial charge in [-0.25, -0.2) is 0 Å². The molecule has 1 aromatic rings. The van der Waals surface area contributed by atoms with Crippen molar-refractivity contribution in [1.82, 2.24) is 0 Å². The standard InChI is InChI=1S/C13H13ClO2/c1-9(15)11-4-5-13-12(6-11)3-2-10(7-14)8-16-13/h4-7H,2-3,8H2,1H3. The minimum Gasteiger partial charge on any atom is -0.489 e. The van der Waals surface area contributed by atoms with Gasteiger partial charge in [-0.05, 0) is 49.1 Å². The molecule has 0 fully saturated rings. The van der Waals surface area contributed by atoms with Crippen LogP contribution in [0.25, 0.3) is 0 Å². The van der Waals surface area contributed by atoms with Crippen LogP contribution in [0.2, 0.25) is 0 Å². The molecule has 3 heteroatoms. The number of rotatable bonds is 1. The molecule has 0 radical (unpaired) electrons. The maximum absolute atomic E-state index is 11.3. The Bertz CT molecular complexity index is 449. The van der Waals surface area contributed by atoms with Gasteiger partial charge in [0, 0.05) is 11.1 Å². The molecule has 0 N–H and O–H groups in total. The van der Waals surface area contributed by atoms with Gasteiger partial charge >= 0.3 is 0 Å². The molecule has 1 aliphatic heterocycles. The van der Waals surface area contributed by atoms with Gasteiger partial charge in [-0.2, -0.15) is 0 Å². The van der Waals surface area contributed by atoms with Crippen molar-refractivity contribution in [3.63, 3.8) is 0 Å². The van der Waals surface area contributed by atoms with Crippen LogP contribution in [-0.2, 0) is 6.42 Å². The fourth-order valence-electron chi connectivity index (χ4n) is 1.76. The molecule has 0 amide bonds. The number of Topliss-reactive ketones (excluding diaryl/α,β-unsaturated/α-hetero) is 1. The number of ether oxygens (including phenoxy) is 1. The predicted octanol–water partition coefficient (Wildman–Crippen LogP) is 3.34. The van der Waals surface area contributed by atoms with E-state index >= 15 is 0 Å². The van der Waals surface area contributed by atoms with Crippen molar-refractivity contribution < 1.29 is 9.53 Å². The lowest BCUT2D eigenvalue weighted by atomic mass is 10.0. The van der Waals surface area contributed by atoms with E-state index in [-0.39, 0.29) is 5.78 Å². The summed E-state index contributed by atoms with van der Waals surface area (Å²) in [6, 6.07) is 5.58. The molecule has 0 spiro atoms. The van der Waals surface area contributed by atoms with Crippen molar-refractivity contribution in [2.75, 3.05) is 6.61 Å². The van der Waals surface area contributed by atoms with Crippen LogP contribution in [-0.4, -0.2) is 12.4 Å². The highest BCUT2D eigenvalue weighted by molar-refractivity contribution is 6.25. The Balaban J connectivity index is 2.32. The molecule has 0 saturated heterocycles. The van der Waals surface area contributed by atoms with Gasteiger partial charge in [0.05, 0.1) is 0 Å². The zero-order valence-corrected chi connectivity index (χ0v) is 9.88. The highest BCUT2D eigenvalue weighted by atomic mass is 35.5. The van der Waals surface area contributed by atoms with Gasteiger partial charge in [-0.3, -0.25) is 4.79 Å². The van der Waals surface area contributed by atoms with E-state index in [1.807, 2.05) is 12.1 Å². The molecule has 0 aromatic heterocycles. The lowest BCUT2D eigenvalue weighted by Crippen LogP contribution is -1.99. The first-order valence-corrected chi connectivity index (χ1v) is 5.69. The van der Waals surface area contributed by atoms with Gasteiger partial charge in [-0.1, -0.05) is 11.6 Å². The first-order valence-electron chi connectivity index (χ1n) is 5.25. The van der Waals surface area contributed by atoms with Gasteiger partial charge in [-0.15, -0.1) is 0 Å². The highest BCUT2D eigenvalue weighted by Gasteiger charge is 2.13. The maximum Gasteiger partial charge on any atom is 0.159 e. The van der Waals surface area contributed by atoms with Gasteiger partial charge in [0.2, 0.25) is 0 Å². The van der Waals surface area contributed by atoms with E-state index in [0.29, 0.717) is 6.61 Å². The van der Waals surface area contributed by atoms with Crippen LogP contribution in [0, 0.1) is 0 Å². The quantitative estimate of drug-likeness (QED) is 0.699. The van der Waals surface area contributed by atoms with E-state index in [4.69, 9.17) is 16.3 Å². The Morgan fingerprint density at radius 1 is 1.44 bits per heavy atom. The molecule has 84 valence electrons. The van der Waals surface area contributed by atoms with Gasteiger partial charge in [0.25, 0.3) is 0 Å². The first-order chi connectivity index (χ1) is 7.70. The normalized spacial score (nSPS) is 17.5. The lowest BCUT2D eigenvalue weighted by Gasteiger charge is -2.07. The second-order valence-corrected chi connectivity index (χ2v) is 4.15. The molecular weight excluding hydrogens is 224 g/mol. The molecule has 16 heavy (non-hydrogen) atoms. The van der Waals surface area contributed by atoms with E-state index in [1.54, 1.807) is 18.5 Å². The summed E-state index contributed by atoms with van der Waals surface area (Å²) in [4.78, 5) is 11.3. The van der Waals surface area contributed by atoms with Crippen molar-refractivity contribution in [2.24, 2.45) is 0 Å². The molecule has 1 aromatic carbocycles. The summed E-state index contributed by atoms with van der Waals surface area (Å²) < 4.78 is 5.62. The summed E-state index contributed by atoms with van der Waals surface area (Å²) in [7, 11) is 0. The Morgan fingerprint density at radius 2 is 2.25 bits per heavy atom. The van der Waals surface area contributed by atoms with Crippen LogP contribution in [0.3, 0.4) is 0 Å². The molecular formula is C13H13ClO2. The Hall–Kier alpha value is -1.28. The molecule has 0 atom stereocenters. The lowest BCUT2D eigenvalue weighted by molar-refractivity contribution is 0.101. The Labute approximate surface area is 99.9 Å². The average molecular weight is 237 g/mol. The third-order valence-corrected chi connectivity index (χ3v) is 3.06. The molecule has 1 aliphatic rings. The topological polar surface area (TPSA) is 26.3 Å². The van der Waals surface area contributed by atoms with Crippen molar-refractivity contribution in [2.45, 2.75) is 19.8 Å². The summed E-state index contributed by atoms with van der Waals surface area (Å²) in [6.45, 7) is 2.11. The number of hydrogen-bond donors (Lipinski definition) is 0. The predicted molar refractivity (Wildman–Crippen MR) is 64.2 cm³/mol. The van der Waals surface area contributed by atoms with Crippen LogP contribution >= 0.6 is 11.6 Å². The Kier molecular flexibility index (Phi) is 3.30. The van der Waals surface area contributed by atoms with Crippen molar-refractivity contribution in [1.29, 1.82) is 0 Å². The third kappa shape index (κ3) is 2.27. The van der Waals surface area contributed by atoms with Crippen LogP contribution in [0.5, 0.6) is 5.75 Å². The number of benzene rings is 1. The van der Waals surface area contributed by atoms with E-state index in [1.165, 1.54) is 0 Å². The van der Waals surface area contributed by atoms with Crippen molar-refractivity contribution in [3.05, 3.63) is 40.4 Å². The van der Waals surface area contributed by atoms with Crippen molar-refractivity contribution in [3.8, 4) is 5.75 Å². The summed E-state index contributed by atoms with van der Waals surface area (Å²) >= 11 is 5.68. The fraction of sp³-hybridized carbons (Fsp3) is 0.308. The van der Waals surface area contributed by atoms with Crippen LogP contribution in [0.15, 0.2) is 29.3 Å². The first kappa shape index (κ1) is 11.2.